The SMILES string of the molecule is O=C(NCC1(O)CCCC1)c1cccc(Br)c1. The van der Waals surface area contributed by atoms with Crippen molar-refractivity contribution < 1.29 is 9.90 Å². The Hall–Kier alpha value is -0.870. The van der Waals surface area contributed by atoms with E-state index in [9.17, 15) is 9.90 Å². The highest BCUT2D eigenvalue weighted by atomic mass is 79.9. The average molecular weight is 298 g/mol. The van der Waals surface area contributed by atoms with Crippen molar-refractivity contribution >= 4 is 21.8 Å². The Morgan fingerprint density at radius 1 is 1.41 bits per heavy atom. The van der Waals surface area contributed by atoms with Crippen molar-refractivity contribution in [3.63, 3.8) is 0 Å². The second-order valence-corrected chi connectivity index (χ2v) is 5.54. The number of aliphatic hydroxyl groups is 1. The molecule has 1 saturated carbocycles. The van der Waals surface area contributed by atoms with Crippen molar-refractivity contribution in [3.05, 3.63) is 34.3 Å². The topological polar surface area (TPSA) is 49.3 Å². The van der Waals surface area contributed by atoms with Crippen LogP contribution >= 0.6 is 15.9 Å². The first-order chi connectivity index (χ1) is 8.09. The molecule has 3 nitrogen and oxygen atoms in total. The van der Waals surface area contributed by atoms with Crippen molar-refractivity contribution in [2.75, 3.05) is 6.54 Å². The summed E-state index contributed by atoms with van der Waals surface area (Å²) in [6.45, 7) is 0.346. The molecular weight excluding hydrogens is 282 g/mol. The highest BCUT2D eigenvalue weighted by molar-refractivity contribution is 9.10. The van der Waals surface area contributed by atoms with Crippen LogP contribution in [-0.2, 0) is 0 Å². The number of carbonyl (C=O) groups is 1. The fourth-order valence-corrected chi connectivity index (χ4v) is 2.59. The number of hydrogen-bond donors (Lipinski definition) is 2. The van der Waals surface area contributed by atoms with Gasteiger partial charge in [-0.15, -0.1) is 0 Å². The van der Waals surface area contributed by atoms with Crippen LogP contribution < -0.4 is 5.32 Å². The minimum Gasteiger partial charge on any atom is -0.388 e. The molecule has 2 rings (SSSR count). The maximum Gasteiger partial charge on any atom is 0.251 e. The lowest BCUT2D eigenvalue weighted by molar-refractivity contribution is 0.0449. The fraction of sp³-hybridized carbons (Fsp3) is 0.462. The van der Waals surface area contributed by atoms with E-state index in [1.165, 1.54) is 0 Å². The van der Waals surface area contributed by atoms with E-state index in [1.807, 2.05) is 12.1 Å². The molecule has 1 aromatic carbocycles. The first kappa shape index (κ1) is 12.6. The summed E-state index contributed by atoms with van der Waals surface area (Å²) in [5.74, 6) is -0.133. The van der Waals surface area contributed by atoms with Crippen LogP contribution in [0, 0.1) is 0 Å². The number of halogens is 1. The molecule has 2 N–H and O–H groups in total. The third kappa shape index (κ3) is 3.30. The maximum absolute atomic E-state index is 11.9. The van der Waals surface area contributed by atoms with Crippen molar-refractivity contribution in [2.45, 2.75) is 31.3 Å². The van der Waals surface area contributed by atoms with Crippen LogP contribution in [0.4, 0.5) is 0 Å². The summed E-state index contributed by atoms with van der Waals surface area (Å²) in [5, 5.41) is 12.9. The Morgan fingerprint density at radius 2 is 2.12 bits per heavy atom. The van der Waals surface area contributed by atoms with Crippen LogP contribution in [0.3, 0.4) is 0 Å². The van der Waals surface area contributed by atoms with Crippen molar-refractivity contribution in [2.24, 2.45) is 0 Å². The van der Waals surface area contributed by atoms with Gasteiger partial charge < -0.3 is 10.4 Å². The molecule has 0 bridgehead atoms. The van der Waals surface area contributed by atoms with Gasteiger partial charge in [0.2, 0.25) is 0 Å². The van der Waals surface area contributed by atoms with Crippen LogP contribution in [0.5, 0.6) is 0 Å². The van der Waals surface area contributed by atoms with Crippen molar-refractivity contribution in [1.82, 2.24) is 5.32 Å². The van der Waals surface area contributed by atoms with Gasteiger partial charge in [0.25, 0.3) is 5.91 Å². The zero-order chi connectivity index (χ0) is 12.3. The monoisotopic (exact) mass is 297 g/mol. The predicted octanol–water partition coefficient (Wildman–Crippen LogP) is 2.48. The quantitative estimate of drug-likeness (QED) is 0.900. The van der Waals surface area contributed by atoms with E-state index >= 15 is 0 Å². The molecule has 4 heteroatoms. The molecule has 0 aliphatic heterocycles. The van der Waals surface area contributed by atoms with E-state index < -0.39 is 5.60 Å². The van der Waals surface area contributed by atoms with Gasteiger partial charge in [0.15, 0.2) is 0 Å². The molecule has 0 aromatic heterocycles. The highest BCUT2D eigenvalue weighted by Crippen LogP contribution is 2.28. The predicted molar refractivity (Wildman–Crippen MR) is 69.9 cm³/mol. The van der Waals surface area contributed by atoms with E-state index in [4.69, 9.17) is 0 Å². The van der Waals surface area contributed by atoms with Gasteiger partial charge in [-0.1, -0.05) is 34.8 Å². The molecule has 1 fully saturated rings. The van der Waals surface area contributed by atoms with Crippen LogP contribution in [-0.4, -0.2) is 23.2 Å². The minimum atomic E-state index is -0.693. The number of hydrogen-bond acceptors (Lipinski definition) is 2. The summed E-state index contributed by atoms with van der Waals surface area (Å²) >= 11 is 3.33. The summed E-state index contributed by atoms with van der Waals surface area (Å²) in [5.41, 5.74) is -0.0808. The third-order valence-electron chi connectivity index (χ3n) is 3.20. The smallest absolute Gasteiger partial charge is 0.251 e. The average Bonchev–Trinajstić information content (AvgIpc) is 2.74. The van der Waals surface area contributed by atoms with E-state index in [0.29, 0.717) is 12.1 Å². The second-order valence-electron chi connectivity index (χ2n) is 4.62. The van der Waals surface area contributed by atoms with Crippen molar-refractivity contribution in [1.29, 1.82) is 0 Å². The van der Waals surface area contributed by atoms with Gasteiger partial charge in [0.1, 0.15) is 0 Å². The van der Waals surface area contributed by atoms with Crippen LogP contribution in [0.1, 0.15) is 36.0 Å². The lowest BCUT2D eigenvalue weighted by atomic mass is 10.0. The third-order valence-corrected chi connectivity index (χ3v) is 3.69. The van der Waals surface area contributed by atoms with E-state index in [0.717, 1.165) is 30.2 Å². The molecule has 1 aromatic rings. The van der Waals surface area contributed by atoms with E-state index in [1.54, 1.807) is 12.1 Å². The van der Waals surface area contributed by atoms with Crippen LogP contribution in [0.2, 0.25) is 0 Å². The summed E-state index contributed by atoms with van der Waals surface area (Å²) in [4.78, 5) is 11.9. The Labute approximate surface area is 109 Å². The molecule has 17 heavy (non-hydrogen) atoms. The first-order valence-electron chi connectivity index (χ1n) is 5.85. The van der Waals surface area contributed by atoms with Crippen LogP contribution in [0.15, 0.2) is 28.7 Å². The van der Waals surface area contributed by atoms with Gasteiger partial charge in [-0.25, -0.2) is 0 Å². The summed E-state index contributed by atoms with van der Waals surface area (Å²) in [7, 11) is 0. The summed E-state index contributed by atoms with van der Waals surface area (Å²) in [6, 6.07) is 7.23. The lowest BCUT2D eigenvalue weighted by Crippen LogP contribution is -2.40. The number of nitrogens with one attached hydrogen (secondary N) is 1. The van der Waals surface area contributed by atoms with Crippen molar-refractivity contribution in [3.8, 4) is 0 Å². The molecule has 1 aliphatic rings. The highest BCUT2D eigenvalue weighted by Gasteiger charge is 2.31. The van der Waals surface area contributed by atoms with Gasteiger partial charge in [0.05, 0.1) is 5.60 Å². The van der Waals surface area contributed by atoms with E-state index in [2.05, 4.69) is 21.2 Å². The Kier molecular flexibility index (Phi) is 3.84. The molecular formula is C13H16BrNO2. The molecule has 1 amide bonds. The molecule has 0 spiro atoms. The van der Waals surface area contributed by atoms with Gasteiger partial charge >= 0.3 is 0 Å². The number of rotatable bonds is 3. The zero-order valence-electron chi connectivity index (χ0n) is 9.58. The van der Waals surface area contributed by atoms with E-state index in [-0.39, 0.29) is 5.91 Å². The summed E-state index contributed by atoms with van der Waals surface area (Å²) in [6.07, 6.45) is 3.66. The van der Waals surface area contributed by atoms with Gasteiger partial charge in [0, 0.05) is 16.6 Å². The van der Waals surface area contributed by atoms with Gasteiger partial charge in [-0.05, 0) is 31.0 Å². The standard InChI is InChI=1S/C13H16BrNO2/c14-11-5-3-4-10(8-11)12(16)15-9-13(17)6-1-2-7-13/h3-5,8,17H,1-2,6-7,9H2,(H,15,16). The first-order valence-corrected chi connectivity index (χ1v) is 6.65. The molecule has 0 saturated heterocycles. The molecule has 0 unspecified atom stereocenters. The normalized spacial score (nSPS) is 18.0. The van der Waals surface area contributed by atoms with Crippen LogP contribution in [0.25, 0.3) is 0 Å². The second kappa shape index (κ2) is 5.19. The Morgan fingerprint density at radius 3 is 2.76 bits per heavy atom. The number of amides is 1. The molecule has 92 valence electrons. The molecule has 1 aliphatic carbocycles. The summed E-state index contributed by atoms with van der Waals surface area (Å²) < 4.78 is 0.879. The minimum absolute atomic E-state index is 0.133. The zero-order valence-corrected chi connectivity index (χ0v) is 11.2. The molecule has 0 atom stereocenters. The van der Waals surface area contributed by atoms with Gasteiger partial charge in [-0.2, -0.15) is 0 Å². The maximum atomic E-state index is 11.9. The largest absolute Gasteiger partial charge is 0.388 e. The Bertz CT molecular complexity index is 414. The Balaban J connectivity index is 1.93. The van der Waals surface area contributed by atoms with Gasteiger partial charge in [-0.3, -0.25) is 4.79 Å². The fourth-order valence-electron chi connectivity index (χ4n) is 2.19. The number of carbonyl (C=O) groups excluding carboxylic acids is 1. The number of benzene rings is 1. The molecule has 0 heterocycles. The lowest BCUT2D eigenvalue weighted by Gasteiger charge is -2.22. The molecule has 0 radical (unpaired) electrons.